The lowest BCUT2D eigenvalue weighted by Crippen LogP contribution is -2.12. The Balaban J connectivity index is 2.43. The van der Waals surface area contributed by atoms with Crippen molar-refractivity contribution in [2.24, 2.45) is 5.10 Å². The van der Waals surface area contributed by atoms with Crippen LogP contribution in [0.5, 0.6) is 0 Å². The van der Waals surface area contributed by atoms with Crippen LogP contribution in [-0.4, -0.2) is 17.1 Å². The molecule has 4 heteroatoms. The maximum Gasteiger partial charge on any atom is 0.236 e. The maximum atomic E-state index is 10.3. The van der Waals surface area contributed by atoms with E-state index in [9.17, 15) is 4.79 Å². The predicted octanol–water partition coefficient (Wildman–Crippen LogP) is 0.485. The highest BCUT2D eigenvalue weighted by molar-refractivity contribution is 5.81. The minimum absolute atomic E-state index is 0.170. The average molecular weight is 151 g/mol. The molecule has 0 atom stereocenters. The fourth-order valence-electron chi connectivity index (χ4n) is 0.615. The second-order valence-corrected chi connectivity index (χ2v) is 2.07. The maximum absolute atomic E-state index is 10.3. The SMILES string of the molecule is CC(=O)N/N=C/c1cc[nH]c1. The lowest BCUT2D eigenvalue weighted by atomic mass is 10.4. The summed E-state index contributed by atoms with van der Waals surface area (Å²) in [5, 5.41) is 3.67. The number of nitrogens with zero attached hydrogens (tertiary/aromatic N) is 1. The van der Waals surface area contributed by atoms with Gasteiger partial charge in [-0.25, -0.2) is 5.43 Å². The molecule has 1 heterocycles. The van der Waals surface area contributed by atoms with Crippen LogP contribution in [-0.2, 0) is 4.79 Å². The molecule has 1 aromatic heterocycles. The van der Waals surface area contributed by atoms with Gasteiger partial charge in [0, 0.05) is 24.9 Å². The molecule has 0 saturated carbocycles. The Hall–Kier alpha value is -1.58. The van der Waals surface area contributed by atoms with Crippen molar-refractivity contribution in [3.8, 4) is 0 Å². The first-order chi connectivity index (χ1) is 5.29. The number of nitrogens with one attached hydrogen (secondary N) is 2. The van der Waals surface area contributed by atoms with Crippen molar-refractivity contribution in [3.05, 3.63) is 24.0 Å². The van der Waals surface area contributed by atoms with Gasteiger partial charge < -0.3 is 4.98 Å². The first kappa shape index (κ1) is 7.53. The summed E-state index contributed by atoms with van der Waals surface area (Å²) in [5.74, 6) is -0.170. The van der Waals surface area contributed by atoms with E-state index < -0.39 is 0 Å². The highest BCUT2D eigenvalue weighted by Gasteiger charge is 1.85. The van der Waals surface area contributed by atoms with E-state index in [1.807, 2.05) is 6.07 Å². The Bertz CT molecular complexity index is 251. The molecule has 0 bridgehead atoms. The third-order valence-electron chi connectivity index (χ3n) is 1.06. The number of amides is 1. The number of hydrogen-bond donors (Lipinski definition) is 2. The van der Waals surface area contributed by atoms with E-state index in [0.29, 0.717) is 0 Å². The average Bonchev–Trinajstić information content (AvgIpc) is 2.39. The van der Waals surface area contributed by atoms with Crippen LogP contribution in [0, 0.1) is 0 Å². The van der Waals surface area contributed by atoms with Gasteiger partial charge in [-0.2, -0.15) is 5.10 Å². The van der Waals surface area contributed by atoms with Gasteiger partial charge in [0.25, 0.3) is 0 Å². The number of aromatic amines is 1. The zero-order valence-corrected chi connectivity index (χ0v) is 6.16. The van der Waals surface area contributed by atoms with Crippen LogP contribution in [0.2, 0.25) is 0 Å². The molecule has 2 N–H and O–H groups in total. The van der Waals surface area contributed by atoms with Crippen LogP contribution in [0.15, 0.2) is 23.6 Å². The minimum atomic E-state index is -0.170. The lowest BCUT2D eigenvalue weighted by molar-refractivity contribution is -0.118. The van der Waals surface area contributed by atoms with Crippen molar-refractivity contribution in [2.75, 3.05) is 0 Å². The van der Waals surface area contributed by atoms with Gasteiger partial charge in [-0.05, 0) is 6.07 Å². The van der Waals surface area contributed by atoms with Crippen LogP contribution < -0.4 is 5.43 Å². The zero-order valence-electron chi connectivity index (χ0n) is 6.16. The highest BCUT2D eigenvalue weighted by atomic mass is 16.2. The molecule has 0 aliphatic heterocycles. The van der Waals surface area contributed by atoms with E-state index in [1.165, 1.54) is 6.92 Å². The standard InChI is InChI=1S/C7H9N3O/c1-6(11)10-9-5-7-2-3-8-4-7/h2-5,8H,1H3,(H,10,11)/b9-5+. The third-order valence-corrected chi connectivity index (χ3v) is 1.06. The molecule has 0 aromatic carbocycles. The topological polar surface area (TPSA) is 57.2 Å². The normalized spacial score (nSPS) is 10.3. The molecule has 0 aliphatic rings. The predicted molar refractivity (Wildman–Crippen MR) is 42.2 cm³/mol. The van der Waals surface area contributed by atoms with E-state index in [0.717, 1.165) is 5.56 Å². The number of aromatic nitrogens is 1. The molecule has 58 valence electrons. The molecule has 1 rings (SSSR count). The van der Waals surface area contributed by atoms with E-state index in [1.54, 1.807) is 18.6 Å². The molecule has 0 radical (unpaired) electrons. The van der Waals surface area contributed by atoms with Gasteiger partial charge in [0.15, 0.2) is 0 Å². The van der Waals surface area contributed by atoms with E-state index in [4.69, 9.17) is 0 Å². The molecule has 11 heavy (non-hydrogen) atoms. The summed E-state index contributed by atoms with van der Waals surface area (Å²) >= 11 is 0. The highest BCUT2D eigenvalue weighted by Crippen LogP contribution is 1.89. The number of hydrazone groups is 1. The quantitative estimate of drug-likeness (QED) is 0.469. The third kappa shape index (κ3) is 2.66. The van der Waals surface area contributed by atoms with Gasteiger partial charge in [-0.15, -0.1) is 0 Å². The second kappa shape index (κ2) is 3.55. The van der Waals surface area contributed by atoms with Crippen molar-refractivity contribution < 1.29 is 4.79 Å². The Morgan fingerprint density at radius 2 is 2.64 bits per heavy atom. The summed E-state index contributed by atoms with van der Waals surface area (Å²) in [6.45, 7) is 1.41. The summed E-state index contributed by atoms with van der Waals surface area (Å²) in [7, 11) is 0. The fraction of sp³-hybridized carbons (Fsp3) is 0.143. The van der Waals surface area contributed by atoms with Gasteiger partial charge in [-0.3, -0.25) is 4.79 Å². The van der Waals surface area contributed by atoms with Crippen LogP contribution in [0.3, 0.4) is 0 Å². The molecule has 4 nitrogen and oxygen atoms in total. The van der Waals surface area contributed by atoms with E-state index in [2.05, 4.69) is 15.5 Å². The summed E-state index contributed by atoms with van der Waals surface area (Å²) in [6, 6.07) is 1.85. The number of carbonyl (C=O) groups is 1. The van der Waals surface area contributed by atoms with Crippen molar-refractivity contribution in [3.63, 3.8) is 0 Å². The van der Waals surface area contributed by atoms with Gasteiger partial charge in [0.2, 0.25) is 5.91 Å². The summed E-state index contributed by atoms with van der Waals surface area (Å²) in [5.41, 5.74) is 3.23. The van der Waals surface area contributed by atoms with Crippen molar-refractivity contribution >= 4 is 12.1 Å². The number of carbonyl (C=O) groups excluding carboxylic acids is 1. The van der Waals surface area contributed by atoms with Crippen molar-refractivity contribution in [1.29, 1.82) is 0 Å². The van der Waals surface area contributed by atoms with Crippen molar-refractivity contribution in [2.45, 2.75) is 6.92 Å². The number of hydrogen-bond acceptors (Lipinski definition) is 2. The van der Waals surface area contributed by atoms with Gasteiger partial charge in [0.05, 0.1) is 6.21 Å². The van der Waals surface area contributed by atoms with Crippen LogP contribution in [0.4, 0.5) is 0 Å². The monoisotopic (exact) mass is 151 g/mol. The molecule has 1 aromatic rings. The van der Waals surface area contributed by atoms with E-state index in [-0.39, 0.29) is 5.91 Å². The summed E-state index contributed by atoms with van der Waals surface area (Å²) in [6.07, 6.45) is 5.14. The smallest absolute Gasteiger partial charge is 0.236 e. The largest absolute Gasteiger partial charge is 0.367 e. The van der Waals surface area contributed by atoms with Gasteiger partial charge in [0.1, 0.15) is 0 Å². The number of H-pyrrole nitrogens is 1. The fourth-order valence-corrected chi connectivity index (χ4v) is 0.615. The molecule has 0 unspecified atom stereocenters. The molecule has 0 aliphatic carbocycles. The first-order valence-corrected chi connectivity index (χ1v) is 3.21. The van der Waals surface area contributed by atoms with Crippen molar-refractivity contribution in [1.82, 2.24) is 10.4 Å². The number of rotatable bonds is 2. The lowest BCUT2D eigenvalue weighted by Gasteiger charge is -1.88. The van der Waals surface area contributed by atoms with E-state index >= 15 is 0 Å². The van der Waals surface area contributed by atoms with Crippen LogP contribution in [0.25, 0.3) is 0 Å². The van der Waals surface area contributed by atoms with Crippen LogP contribution in [0.1, 0.15) is 12.5 Å². The summed E-state index contributed by atoms with van der Waals surface area (Å²) in [4.78, 5) is 13.2. The first-order valence-electron chi connectivity index (χ1n) is 3.21. The van der Waals surface area contributed by atoms with Gasteiger partial charge in [-0.1, -0.05) is 0 Å². The van der Waals surface area contributed by atoms with Crippen LogP contribution >= 0.6 is 0 Å². The molecular weight excluding hydrogens is 142 g/mol. The summed E-state index contributed by atoms with van der Waals surface area (Å²) < 4.78 is 0. The Kier molecular flexibility index (Phi) is 2.43. The Morgan fingerprint density at radius 3 is 3.18 bits per heavy atom. The second-order valence-electron chi connectivity index (χ2n) is 2.07. The van der Waals surface area contributed by atoms with Gasteiger partial charge >= 0.3 is 0 Å². The minimum Gasteiger partial charge on any atom is -0.367 e. The molecule has 0 fully saturated rings. The molecular formula is C7H9N3O. The molecule has 1 amide bonds. The molecule has 0 spiro atoms. The zero-order chi connectivity index (χ0) is 8.10. The molecule has 0 saturated heterocycles. The Labute approximate surface area is 64.3 Å². The Morgan fingerprint density at radius 1 is 1.82 bits per heavy atom.